The van der Waals surface area contributed by atoms with Gasteiger partial charge in [0.05, 0.1) is 9.40 Å². The second kappa shape index (κ2) is 6.97. The lowest BCUT2D eigenvalue weighted by molar-refractivity contribution is -0.388. The van der Waals surface area contributed by atoms with Gasteiger partial charge in [-0.2, -0.15) is 10.5 Å². The minimum atomic E-state index is -5.21. The van der Waals surface area contributed by atoms with E-state index < -0.39 is 44.1 Å². The van der Waals surface area contributed by atoms with Gasteiger partial charge in [0.25, 0.3) is 5.56 Å². The molecule has 0 saturated heterocycles. The summed E-state index contributed by atoms with van der Waals surface area (Å²) in [5.74, 6) is -1.54. The van der Waals surface area contributed by atoms with Crippen LogP contribution in [0.5, 0.6) is 5.75 Å². The maximum atomic E-state index is 12.5. The van der Waals surface area contributed by atoms with Crippen molar-refractivity contribution in [1.29, 1.82) is 10.5 Å². The van der Waals surface area contributed by atoms with E-state index in [0.717, 1.165) is 6.07 Å². The van der Waals surface area contributed by atoms with Gasteiger partial charge in [0.15, 0.2) is 0 Å². The number of nitriles is 2. The molecule has 0 atom stereocenters. The third-order valence-corrected chi connectivity index (χ3v) is 3.78. The Morgan fingerprint density at radius 3 is 2.33 bits per heavy atom. The van der Waals surface area contributed by atoms with Crippen molar-refractivity contribution in [1.82, 2.24) is 4.98 Å². The minimum Gasteiger partial charge on any atom is -0.397 e. The Hall–Kier alpha value is -3.58. The van der Waals surface area contributed by atoms with Crippen molar-refractivity contribution in [3.63, 3.8) is 0 Å². The Kier molecular flexibility index (Phi) is 5.10. The van der Waals surface area contributed by atoms with Gasteiger partial charge in [0, 0.05) is 11.6 Å². The predicted octanol–water partition coefficient (Wildman–Crippen LogP) is 2.94. The maximum Gasteiger partial charge on any atom is 0.573 e. The van der Waals surface area contributed by atoms with Crippen molar-refractivity contribution >= 4 is 27.4 Å². The predicted molar refractivity (Wildman–Crippen MR) is 87.4 cm³/mol. The van der Waals surface area contributed by atoms with Gasteiger partial charge < -0.3 is 15.5 Å². The zero-order valence-electron chi connectivity index (χ0n) is 12.7. The van der Waals surface area contributed by atoms with E-state index in [1.165, 1.54) is 6.07 Å². The summed E-state index contributed by atoms with van der Waals surface area (Å²) in [5.41, 5.74) is 1.87. The molecule has 0 aliphatic carbocycles. The van der Waals surface area contributed by atoms with Crippen molar-refractivity contribution in [2.24, 2.45) is 0 Å². The second-order valence-corrected chi connectivity index (χ2v) is 5.68. The summed E-state index contributed by atoms with van der Waals surface area (Å²) < 4.78 is 40.7. The Balaban J connectivity index is 2.91. The van der Waals surface area contributed by atoms with Crippen LogP contribution in [0.15, 0.2) is 21.4 Å². The van der Waals surface area contributed by atoms with Crippen molar-refractivity contribution in [2.75, 3.05) is 5.73 Å². The first-order valence-electron chi connectivity index (χ1n) is 6.60. The molecular weight excluding hydrogens is 439 g/mol. The average Bonchev–Trinajstić information content (AvgIpc) is 2.54. The van der Waals surface area contributed by atoms with Crippen LogP contribution < -0.4 is 16.0 Å². The Labute approximate surface area is 155 Å². The largest absolute Gasteiger partial charge is 0.573 e. The molecule has 0 bridgehead atoms. The summed E-state index contributed by atoms with van der Waals surface area (Å²) in [6.45, 7) is 0. The molecule has 2 rings (SSSR count). The fourth-order valence-corrected chi connectivity index (χ4v) is 2.74. The first kappa shape index (κ1) is 19.7. The Bertz CT molecular complexity index is 1100. The van der Waals surface area contributed by atoms with E-state index in [0.29, 0.717) is 6.07 Å². The molecule has 27 heavy (non-hydrogen) atoms. The number of nitrogens with zero attached hydrogens (tertiary/aromatic N) is 3. The number of H-pyrrole nitrogens is 1. The molecule has 1 heterocycles. The zero-order valence-corrected chi connectivity index (χ0v) is 14.3. The van der Waals surface area contributed by atoms with Gasteiger partial charge in [-0.3, -0.25) is 14.9 Å². The lowest BCUT2D eigenvalue weighted by Crippen LogP contribution is -2.18. The third kappa shape index (κ3) is 3.83. The number of alkyl halides is 3. The molecule has 0 radical (unpaired) electrons. The number of aromatic nitrogens is 1. The van der Waals surface area contributed by atoms with E-state index in [4.69, 9.17) is 5.73 Å². The number of rotatable bonds is 3. The summed E-state index contributed by atoms with van der Waals surface area (Å²) in [7, 11) is 0. The maximum absolute atomic E-state index is 12.5. The molecule has 138 valence electrons. The summed E-state index contributed by atoms with van der Waals surface area (Å²) in [4.78, 5) is 24.0. The molecule has 3 N–H and O–H groups in total. The quantitative estimate of drug-likeness (QED) is 0.544. The number of nitro benzene ring substituents is 1. The Morgan fingerprint density at radius 1 is 1.26 bits per heavy atom. The highest BCUT2D eigenvalue weighted by Gasteiger charge is 2.36. The molecule has 0 aliphatic rings. The molecule has 0 amide bonds. The highest BCUT2D eigenvalue weighted by atomic mass is 79.9. The molecule has 0 saturated carbocycles. The molecule has 1 aromatic heterocycles. The second-order valence-electron chi connectivity index (χ2n) is 4.83. The molecular formula is C14H5BrF3N5O4. The number of hydrogen-bond acceptors (Lipinski definition) is 7. The number of nitrogens with two attached hydrogens (primary N) is 1. The van der Waals surface area contributed by atoms with Crippen LogP contribution in [-0.2, 0) is 0 Å². The molecule has 1 aromatic carbocycles. The fraction of sp³-hybridized carbons (Fsp3) is 0.0714. The standard InChI is InChI=1S/C14H5BrF3N5O4/c15-8-1-5(2-9(23(25)26)11(8)27-14(16,17)18)10-6(3-19)12(21)22-13(24)7(10)4-20/h1-2H,(H3,21,22,24). The van der Waals surface area contributed by atoms with E-state index in [9.17, 15) is 38.6 Å². The zero-order chi connectivity index (χ0) is 20.5. The number of nitrogen functional groups attached to an aromatic ring is 1. The van der Waals surface area contributed by atoms with Crippen LogP contribution in [0.2, 0.25) is 0 Å². The number of nitro groups is 1. The highest BCUT2D eigenvalue weighted by molar-refractivity contribution is 9.10. The number of hydrogen-bond donors (Lipinski definition) is 2. The van der Waals surface area contributed by atoms with Gasteiger partial charge in [0.2, 0.25) is 5.75 Å². The summed E-state index contributed by atoms with van der Waals surface area (Å²) >= 11 is 2.73. The first-order valence-corrected chi connectivity index (χ1v) is 7.39. The van der Waals surface area contributed by atoms with Gasteiger partial charge in [-0.1, -0.05) is 0 Å². The number of benzene rings is 1. The number of anilines is 1. The van der Waals surface area contributed by atoms with Crippen LogP contribution in [0.4, 0.5) is 24.7 Å². The molecule has 13 heteroatoms. The van der Waals surface area contributed by atoms with Gasteiger partial charge in [-0.05, 0) is 27.6 Å². The molecule has 0 spiro atoms. The number of aromatic amines is 1. The summed E-state index contributed by atoms with van der Waals surface area (Å²) in [5, 5.41) is 29.6. The van der Waals surface area contributed by atoms with E-state index in [-0.39, 0.29) is 16.7 Å². The average molecular weight is 444 g/mol. The van der Waals surface area contributed by atoms with Crippen LogP contribution in [-0.4, -0.2) is 16.3 Å². The van der Waals surface area contributed by atoms with E-state index >= 15 is 0 Å². The van der Waals surface area contributed by atoms with Crippen LogP contribution in [0, 0.1) is 32.8 Å². The molecule has 2 aromatic rings. The molecule has 0 unspecified atom stereocenters. The normalized spacial score (nSPS) is 10.7. The van der Waals surface area contributed by atoms with Crippen molar-refractivity contribution in [2.45, 2.75) is 6.36 Å². The van der Waals surface area contributed by atoms with Crippen LogP contribution >= 0.6 is 15.9 Å². The van der Waals surface area contributed by atoms with Crippen molar-refractivity contribution in [3.05, 3.63) is 48.2 Å². The van der Waals surface area contributed by atoms with E-state index in [1.54, 1.807) is 6.07 Å². The van der Waals surface area contributed by atoms with Crippen LogP contribution in [0.1, 0.15) is 11.1 Å². The van der Waals surface area contributed by atoms with Gasteiger partial charge in [-0.25, -0.2) is 0 Å². The summed E-state index contributed by atoms with van der Waals surface area (Å²) in [6.07, 6.45) is -5.21. The monoisotopic (exact) mass is 443 g/mol. The smallest absolute Gasteiger partial charge is 0.397 e. The Morgan fingerprint density at radius 2 is 1.85 bits per heavy atom. The van der Waals surface area contributed by atoms with Gasteiger partial charge >= 0.3 is 12.0 Å². The first-order chi connectivity index (χ1) is 12.5. The van der Waals surface area contributed by atoms with Crippen LogP contribution in [0.25, 0.3) is 11.1 Å². The van der Waals surface area contributed by atoms with Crippen molar-refractivity contribution < 1.29 is 22.8 Å². The van der Waals surface area contributed by atoms with Crippen LogP contribution in [0.3, 0.4) is 0 Å². The van der Waals surface area contributed by atoms with Crippen molar-refractivity contribution in [3.8, 4) is 29.0 Å². The van der Waals surface area contributed by atoms with E-state index in [2.05, 4.69) is 25.7 Å². The number of halogens is 4. The van der Waals surface area contributed by atoms with E-state index in [1.807, 2.05) is 0 Å². The molecule has 9 nitrogen and oxygen atoms in total. The highest BCUT2D eigenvalue weighted by Crippen LogP contribution is 2.43. The number of pyridine rings is 1. The molecule has 0 aliphatic heterocycles. The lowest BCUT2D eigenvalue weighted by Gasteiger charge is -2.13. The minimum absolute atomic E-state index is 0.256. The fourth-order valence-electron chi connectivity index (χ4n) is 2.21. The SMILES string of the molecule is N#Cc1c(N)[nH]c(=O)c(C#N)c1-c1cc(Br)c(OC(F)(F)F)c([N+](=O)[O-])c1. The topological polar surface area (TPSA) is 159 Å². The third-order valence-electron chi connectivity index (χ3n) is 3.20. The summed E-state index contributed by atoms with van der Waals surface area (Å²) in [6, 6.07) is 4.76. The molecule has 0 fully saturated rings. The van der Waals surface area contributed by atoms with Gasteiger partial charge in [0.1, 0.15) is 29.1 Å². The van der Waals surface area contributed by atoms with Gasteiger partial charge in [-0.15, -0.1) is 13.2 Å². The lowest BCUT2D eigenvalue weighted by atomic mass is 9.96. The number of ether oxygens (including phenoxy) is 1. The number of nitrogens with one attached hydrogen (secondary N) is 1.